The number of esters is 1. The zero-order chi connectivity index (χ0) is 24.3. The molecule has 0 saturated heterocycles. The van der Waals surface area contributed by atoms with E-state index in [-0.39, 0.29) is 12.5 Å². The second kappa shape index (κ2) is 13.3. The second-order valence-electron chi connectivity index (χ2n) is 7.31. The first kappa shape index (κ1) is 26.9. The summed E-state index contributed by atoms with van der Waals surface area (Å²) < 4.78 is 59.4. The van der Waals surface area contributed by atoms with Crippen LogP contribution < -0.4 is 9.47 Å². The van der Waals surface area contributed by atoms with Crippen molar-refractivity contribution < 1.29 is 36.9 Å². The van der Waals surface area contributed by atoms with Crippen molar-refractivity contribution in [3.05, 3.63) is 53.6 Å². The molecule has 5 nitrogen and oxygen atoms in total. The van der Waals surface area contributed by atoms with Crippen molar-refractivity contribution in [2.75, 3.05) is 39.3 Å². The van der Waals surface area contributed by atoms with Gasteiger partial charge in [-0.1, -0.05) is 0 Å². The Morgan fingerprint density at radius 1 is 1.09 bits per heavy atom. The van der Waals surface area contributed by atoms with Crippen molar-refractivity contribution >= 4 is 17.7 Å². The van der Waals surface area contributed by atoms with Gasteiger partial charge in [0.15, 0.2) is 6.61 Å². The van der Waals surface area contributed by atoms with Crippen LogP contribution in [-0.2, 0) is 20.4 Å². The van der Waals surface area contributed by atoms with E-state index in [1.54, 1.807) is 25.8 Å². The number of carbonyl (C=O) groups is 1. The van der Waals surface area contributed by atoms with Crippen LogP contribution in [0.1, 0.15) is 24.5 Å². The lowest BCUT2D eigenvalue weighted by Crippen LogP contribution is -2.17. The average Bonchev–Trinajstić information content (AvgIpc) is 2.78. The van der Waals surface area contributed by atoms with E-state index in [1.807, 2.05) is 25.1 Å². The first-order chi connectivity index (χ1) is 15.7. The van der Waals surface area contributed by atoms with Crippen LogP contribution in [0, 0.1) is 12.8 Å². The van der Waals surface area contributed by atoms with E-state index < -0.39 is 17.7 Å². The summed E-state index contributed by atoms with van der Waals surface area (Å²) in [7, 11) is 1.62. The highest BCUT2D eigenvalue weighted by Crippen LogP contribution is 2.31. The lowest BCUT2D eigenvalue weighted by molar-refractivity contribution is -0.145. The molecular weight excluding hydrogens is 457 g/mol. The monoisotopic (exact) mass is 486 g/mol. The third-order valence-corrected chi connectivity index (χ3v) is 5.91. The zero-order valence-electron chi connectivity index (χ0n) is 18.9. The molecular formula is C24H29F3O5S. The minimum absolute atomic E-state index is 0.136. The van der Waals surface area contributed by atoms with Gasteiger partial charge in [0.05, 0.1) is 18.8 Å². The molecule has 0 aliphatic rings. The molecule has 0 saturated carbocycles. The first-order valence-corrected chi connectivity index (χ1v) is 11.5. The van der Waals surface area contributed by atoms with Crippen LogP contribution in [-0.4, -0.2) is 45.3 Å². The maximum atomic E-state index is 12.7. The van der Waals surface area contributed by atoms with Crippen molar-refractivity contribution in [2.24, 2.45) is 5.92 Å². The van der Waals surface area contributed by atoms with Crippen molar-refractivity contribution in [1.82, 2.24) is 0 Å². The maximum Gasteiger partial charge on any atom is 0.416 e. The van der Waals surface area contributed by atoms with Crippen LogP contribution in [0.5, 0.6) is 11.5 Å². The van der Waals surface area contributed by atoms with Gasteiger partial charge in [-0.05, 0) is 68.3 Å². The van der Waals surface area contributed by atoms with Gasteiger partial charge in [-0.25, -0.2) is 4.79 Å². The molecule has 0 bridgehead atoms. The summed E-state index contributed by atoms with van der Waals surface area (Å²) in [6.07, 6.45) is -3.61. The molecule has 2 aromatic carbocycles. The Labute approximate surface area is 196 Å². The number of hydrogen-bond donors (Lipinski definition) is 0. The van der Waals surface area contributed by atoms with Crippen LogP contribution in [0.15, 0.2) is 47.4 Å². The number of hydrogen-bond acceptors (Lipinski definition) is 6. The maximum absolute atomic E-state index is 12.7. The van der Waals surface area contributed by atoms with Crippen molar-refractivity contribution in [3.63, 3.8) is 0 Å². The first-order valence-electron chi connectivity index (χ1n) is 10.5. The number of halogens is 3. The molecule has 0 heterocycles. The summed E-state index contributed by atoms with van der Waals surface area (Å²) in [5, 5.41) is 0. The van der Waals surface area contributed by atoms with Crippen molar-refractivity contribution in [1.29, 1.82) is 0 Å². The zero-order valence-corrected chi connectivity index (χ0v) is 19.8. The van der Waals surface area contributed by atoms with Crippen molar-refractivity contribution in [3.8, 4) is 11.5 Å². The highest BCUT2D eigenvalue weighted by atomic mass is 32.2. The highest BCUT2D eigenvalue weighted by Gasteiger charge is 2.30. The number of aryl methyl sites for hydroxylation is 1. The quantitative estimate of drug-likeness (QED) is 0.264. The van der Waals surface area contributed by atoms with Crippen LogP contribution in [0.3, 0.4) is 0 Å². The number of methoxy groups -OCH3 is 1. The fraction of sp³-hybridized carbons (Fsp3) is 0.458. The Bertz CT molecular complexity index is 871. The van der Waals surface area contributed by atoms with E-state index in [2.05, 4.69) is 0 Å². The summed E-state index contributed by atoms with van der Waals surface area (Å²) in [6, 6.07) is 10.4. The molecule has 0 radical (unpaired) electrons. The molecule has 33 heavy (non-hydrogen) atoms. The Hall–Kier alpha value is -2.39. The van der Waals surface area contributed by atoms with E-state index in [9.17, 15) is 18.0 Å². The molecule has 0 N–H and O–H groups in total. The van der Waals surface area contributed by atoms with Gasteiger partial charge in [-0.2, -0.15) is 13.2 Å². The van der Waals surface area contributed by atoms with Crippen molar-refractivity contribution in [2.45, 2.75) is 31.3 Å². The summed E-state index contributed by atoms with van der Waals surface area (Å²) >= 11 is 1.64. The number of benzene rings is 2. The number of ether oxygens (including phenoxy) is 4. The van der Waals surface area contributed by atoms with Gasteiger partial charge in [-0.15, -0.1) is 11.8 Å². The number of rotatable bonds is 13. The fourth-order valence-electron chi connectivity index (χ4n) is 2.88. The summed E-state index contributed by atoms with van der Waals surface area (Å²) in [6.45, 7) is 4.73. The predicted octanol–water partition coefficient (Wildman–Crippen LogP) is 5.78. The second-order valence-corrected chi connectivity index (χ2v) is 8.41. The summed E-state index contributed by atoms with van der Waals surface area (Å²) in [4.78, 5) is 12.5. The minimum Gasteiger partial charge on any atom is -0.493 e. The molecule has 0 spiro atoms. The molecule has 9 heteroatoms. The SMILES string of the molecule is CCOC(=O)COc1ccc(SCC(CCOC)COc2ccc(C(F)(F)F)cc2)cc1C. The Morgan fingerprint density at radius 2 is 1.82 bits per heavy atom. The van der Waals surface area contributed by atoms with Gasteiger partial charge in [0.25, 0.3) is 0 Å². The molecule has 2 aromatic rings. The molecule has 0 aliphatic carbocycles. The Morgan fingerprint density at radius 3 is 2.42 bits per heavy atom. The normalized spacial score (nSPS) is 12.3. The number of thioether (sulfide) groups is 1. The number of alkyl halides is 3. The standard InChI is InChI=1S/C24H29F3O5S/c1-4-30-23(28)15-32-22-10-9-21(13-17(22)2)33-16-18(11-12-29-3)14-31-20-7-5-19(6-8-20)24(25,26)27/h5-10,13,18H,4,11-12,14-16H2,1-3H3. The smallest absolute Gasteiger partial charge is 0.416 e. The van der Waals surface area contributed by atoms with Gasteiger partial charge < -0.3 is 18.9 Å². The third kappa shape index (κ3) is 9.55. The molecule has 0 aromatic heterocycles. The van der Waals surface area contributed by atoms with Crippen LogP contribution in [0.25, 0.3) is 0 Å². The van der Waals surface area contributed by atoms with Gasteiger partial charge in [-0.3, -0.25) is 0 Å². The molecule has 1 atom stereocenters. The van der Waals surface area contributed by atoms with E-state index in [4.69, 9.17) is 18.9 Å². The molecule has 0 fully saturated rings. The number of carbonyl (C=O) groups excluding carboxylic acids is 1. The van der Waals surface area contributed by atoms with Gasteiger partial charge in [0.1, 0.15) is 11.5 Å². The molecule has 1 unspecified atom stereocenters. The lowest BCUT2D eigenvalue weighted by Gasteiger charge is -2.18. The van der Waals surface area contributed by atoms with Crippen LogP contribution in [0.4, 0.5) is 13.2 Å². The van der Waals surface area contributed by atoms with E-state index in [0.29, 0.717) is 31.3 Å². The highest BCUT2D eigenvalue weighted by molar-refractivity contribution is 7.99. The molecule has 2 rings (SSSR count). The van der Waals surface area contributed by atoms with Gasteiger partial charge in [0.2, 0.25) is 0 Å². The van der Waals surface area contributed by atoms with Gasteiger partial charge in [0, 0.05) is 30.3 Å². The average molecular weight is 487 g/mol. The molecule has 0 aliphatic heterocycles. The topological polar surface area (TPSA) is 54.0 Å². The third-order valence-electron chi connectivity index (χ3n) is 4.68. The Kier molecular flexibility index (Phi) is 10.9. The van der Waals surface area contributed by atoms with Crippen LogP contribution in [0.2, 0.25) is 0 Å². The largest absolute Gasteiger partial charge is 0.493 e. The summed E-state index contributed by atoms with van der Waals surface area (Å²) in [5.41, 5.74) is 0.199. The fourth-order valence-corrected chi connectivity index (χ4v) is 4.00. The minimum atomic E-state index is -4.37. The van der Waals surface area contributed by atoms with Crippen LogP contribution >= 0.6 is 11.8 Å². The summed E-state index contributed by atoms with van der Waals surface area (Å²) in [5.74, 6) is 1.48. The lowest BCUT2D eigenvalue weighted by atomic mass is 10.1. The molecule has 0 amide bonds. The molecule has 182 valence electrons. The van der Waals surface area contributed by atoms with E-state index >= 15 is 0 Å². The Balaban J connectivity index is 1.90. The van der Waals surface area contributed by atoms with E-state index in [0.717, 1.165) is 34.8 Å². The van der Waals surface area contributed by atoms with E-state index in [1.165, 1.54) is 12.1 Å². The predicted molar refractivity (Wildman–Crippen MR) is 121 cm³/mol. The van der Waals surface area contributed by atoms with Gasteiger partial charge >= 0.3 is 12.1 Å².